The number of carboxylic acids is 1. The average Bonchev–Trinajstić information content (AvgIpc) is 2.79. The molecule has 0 radical (unpaired) electrons. The molecule has 9 nitrogen and oxygen atoms in total. The van der Waals surface area contributed by atoms with Crippen molar-refractivity contribution in [2.24, 2.45) is 11.8 Å². The maximum atomic E-state index is 12.7. The monoisotopic (exact) mass is 454 g/mol. The van der Waals surface area contributed by atoms with Crippen LogP contribution >= 0.6 is 0 Å². The van der Waals surface area contributed by atoms with Gasteiger partial charge >= 0.3 is 5.97 Å². The van der Waals surface area contributed by atoms with Crippen LogP contribution in [0.3, 0.4) is 0 Å². The Bertz CT molecular complexity index is 1260. The molecule has 3 aromatic rings. The number of carbonyl (C=O) groups excluding carboxylic acids is 1. The van der Waals surface area contributed by atoms with E-state index in [4.69, 9.17) is 0 Å². The molecule has 1 aliphatic carbocycles. The summed E-state index contributed by atoms with van der Waals surface area (Å²) in [6.07, 6.45) is 3.95. The molecule has 2 aromatic carbocycles. The number of rotatable bonds is 6. The molecule has 1 aliphatic rings. The summed E-state index contributed by atoms with van der Waals surface area (Å²) in [7, 11) is -3.91. The largest absolute Gasteiger partial charge is 0.481 e. The number of amides is 1. The van der Waals surface area contributed by atoms with Gasteiger partial charge in [-0.2, -0.15) is 0 Å². The molecule has 0 saturated heterocycles. The first kappa shape index (κ1) is 21.7. The molecular weight excluding hydrogens is 432 g/mol. The molecule has 1 amide bonds. The first-order valence-corrected chi connectivity index (χ1v) is 11.7. The summed E-state index contributed by atoms with van der Waals surface area (Å²) < 4.78 is 27.8. The topological polar surface area (TPSA) is 138 Å². The zero-order valence-corrected chi connectivity index (χ0v) is 17.9. The molecule has 0 unspecified atom stereocenters. The van der Waals surface area contributed by atoms with Crippen molar-refractivity contribution in [3.8, 4) is 0 Å². The highest BCUT2D eigenvalue weighted by Gasteiger charge is 2.35. The zero-order chi connectivity index (χ0) is 22.7. The highest BCUT2D eigenvalue weighted by molar-refractivity contribution is 7.92. The fourth-order valence-electron chi connectivity index (χ4n) is 3.90. The van der Waals surface area contributed by atoms with Gasteiger partial charge in [-0.3, -0.25) is 19.3 Å². The minimum Gasteiger partial charge on any atom is -0.481 e. The molecule has 10 heteroatoms. The van der Waals surface area contributed by atoms with Gasteiger partial charge in [0, 0.05) is 5.69 Å². The molecule has 1 saturated carbocycles. The molecule has 0 spiro atoms. The van der Waals surface area contributed by atoms with Crippen LogP contribution in [0.2, 0.25) is 0 Å². The first-order chi connectivity index (χ1) is 15.3. The maximum absolute atomic E-state index is 12.7. The van der Waals surface area contributed by atoms with Crippen molar-refractivity contribution in [2.45, 2.75) is 30.6 Å². The van der Waals surface area contributed by atoms with E-state index in [0.717, 1.165) is 12.8 Å². The van der Waals surface area contributed by atoms with E-state index in [1.807, 2.05) is 6.07 Å². The van der Waals surface area contributed by atoms with Crippen LogP contribution in [0.1, 0.15) is 25.7 Å². The Hall–Kier alpha value is -3.53. The SMILES string of the molecule is O=C(O)[C@H]1CCCC[C@@H]1C(=O)Nc1ccc(S(=O)(=O)Nc2cnc3ccccc3n2)cc1. The number of carboxylic acid groups (broad SMARTS) is 1. The Kier molecular flexibility index (Phi) is 6.04. The fourth-order valence-corrected chi connectivity index (χ4v) is 4.88. The second-order valence-corrected chi connectivity index (χ2v) is 9.38. The van der Waals surface area contributed by atoms with Gasteiger partial charge in [0.05, 0.1) is 34.0 Å². The van der Waals surface area contributed by atoms with Crippen LogP contribution in [0.5, 0.6) is 0 Å². The van der Waals surface area contributed by atoms with E-state index in [-0.39, 0.29) is 16.6 Å². The lowest BCUT2D eigenvalue weighted by Crippen LogP contribution is -2.36. The molecule has 1 fully saturated rings. The van der Waals surface area contributed by atoms with E-state index < -0.39 is 27.8 Å². The lowest BCUT2D eigenvalue weighted by Gasteiger charge is -2.27. The lowest BCUT2D eigenvalue weighted by molar-refractivity contribution is -0.147. The van der Waals surface area contributed by atoms with Crippen molar-refractivity contribution in [1.82, 2.24) is 9.97 Å². The minimum absolute atomic E-state index is 0.00784. The van der Waals surface area contributed by atoms with Gasteiger partial charge in [-0.25, -0.2) is 13.4 Å². The van der Waals surface area contributed by atoms with Gasteiger partial charge in [-0.15, -0.1) is 0 Å². The van der Waals surface area contributed by atoms with E-state index in [0.29, 0.717) is 29.6 Å². The smallest absolute Gasteiger partial charge is 0.307 e. The highest BCUT2D eigenvalue weighted by Crippen LogP contribution is 2.31. The fraction of sp³-hybridized carbons (Fsp3) is 0.273. The van der Waals surface area contributed by atoms with Crippen LogP contribution in [0.25, 0.3) is 11.0 Å². The molecule has 3 N–H and O–H groups in total. The van der Waals surface area contributed by atoms with E-state index in [1.54, 1.807) is 18.2 Å². The van der Waals surface area contributed by atoms with Gasteiger partial charge in [0.25, 0.3) is 10.0 Å². The standard InChI is InChI=1S/C22H22N4O5S/c27-21(16-5-1-2-6-17(16)22(28)29)24-14-9-11-15(12-10-14)32(30,31)26-20-13-23-18-7-3-4-8-19(18)25-20/h3-4,7-13,16-17H,1-2,5-6H2,(H,24,27)(H,25,26)(H,28,29)/t16-,17-/m0/s1. The van der Waals surface area contributed by atoms with Gasteiger partial charge in [-0.05, 0) is 49.2 Å². The molecule has 1 aromatic heterocycles. The first-order valence-electron chi connectivity index (χ1n) is 10.2. The van der Waals surface area contributed by atoms with Gasteiger partial charge in [0.15, 0.2) is 5.82 Å². The predicted octanol–water partition coefficient (Wildman–Crippen LogP) is 3.26. The summed E-state index contributed by atoms with van der Waals surface area (Å²) in [6.45, 7) is 0. The third-order valence-electron chi connectivity index (χ3n) is 5.54. The van der Waals surface area contributed by atoms with E-state index in [1.165, 1.54) is 30.5 Å². The van der Waals surface area contributed by atoms with Crippen LogP contribution in [-0.2, 0) is 19.6 Å². The molecule has 0 aliphatic heterocycles. The normalized spacial score (nSPS) is 18.8. The number of nitrogens with one attached hydrogen (secondary N) is 2. The third-order valence-corrected chi connectivity index (χ3v) is 6.91. The Morgan fingerprint density at radius 3 is 2.28 bits per heavy atom. The molecular formula is C22H22N4O5S. The summed E-state index contributed by atoms with van der Waals surface area (Å²) >= 11 is 0. The second kappa shape index (κ2) is 8.91. The Morgan fingerprint density at radius 2 is 1.59 bits per heavy atom. The third kappa shape index (κ3) is 4.70. The molecule has 1 heterocycles. The zero-order valence-electron chi connectivity index (χ0n) is 17.1. The second-order valence-electron chi connectivity index (χ2n) is 7.70. The van der Waals surface area contributed by atoms with Crippen LogP contribution in [0.15, 0.2) is 59.6 Å². The van der Waals surface area contributed by atoms with Crippen molar-refractivity contribution in [2.75, 3.05) is 10.0 Å². The Balaban J connectivity index is 1.46. The van der Waals surface area contributed by atoms with E-state index in [9.17, 15) is 23.1 Å². The molecule has 2 atom stereocenters. The number of anilines is 2. The minimum atomic E-state index is -3.91. The number of nitrogens with zero attached hydrogens (tertiary/aromatic N) is 2. The predicted molar refractivity (Wildman–Crippen MR) is 119 cm³/mol. The van der Waals surface area contributed by atoms with E-state index >= 15 is 0 Å². The number of sulfonamides is 1. The molecule has 32 heavy (non-hydrogen) atoms. The number of fused-ring (bicyclic) bond motifs is 1. The Morgan fingerprint density at radius 1 is 0.938 bits per heavy atom. The quantitative estimate of drug-likeness (QED) is 0.519. The van der Waals surface area contributed by atoms with E-state index in [2.05, 4.69) is 20.0 Å². The van der Waals surface area contributed by atoms with Crippen molar-refractivity contribution < 1.29 is 23.1 Å². The van der Waals surface area contributed by atoms with Crippen molar-refractivity contribution in [3.63, 3.8) is 0 Å². The summed E-state index contributed by atoms with van der Waals surface area (Å²) in [5.74, 6) is -2.53. The van der Waals surface area contributed by atoms with Gasteiger partial charge in [0.1, 0.15) is 0 Å². The van der Waals surface area contributed by atoms with Crippen molar-refractivity contribution >= 4 is 44.4 Å². The van der Waals surface area contributed by atoms with Crippen LogP contribution in [-0.4, -0.2) is 35.4 Å². The number of aromatic nitrogens is 2. The van der Waals surface area contributed by atoms with Gasteiger partial charge < -0.3 is 10.4 Å². The van der Waals surface area contributed by atoms with Crippen molar-refractivity contribution in [1.29, 1.82) is 0 Å². The van der Waals surface area contributed by atoms with Crippen LogP contribution in [0.4, 0.5) is 11.5 Å². The number of benzene rings is 2. The van der Waals surface area contributed by atoms with Crippen LogP contribution in [0, 0.1) is 11.8 Å². The number of para-hydroxylation sites is 2. The molecule has 0 bridgehead atoms. The average molecular weight is 455 g/mol. The molecule has 4 rings (SSSR count). The van der Waals surface area contributed by atoms with Gasteiger partial charge in [-0.1, -0.05) is 25.0 Å². The number of hydrogen-bond donors (Lipinski definition) is 3. The maximum Gasteiger partial charge on any atom is 0.307 e. The molecule has 166 valence electrons. The highest BCUT2D eigenvalue weighted by atomic mass is 32.2. The number of aliphatic carboxylic acids is 1. The Labute approximate surface area is 185 Å². The lowest BCUT2D eigenvalue weighted by atomic mass is 9.78. The van der Waals surface area contributed by atoms with Crippen molar-refractivity contribution in [3.05, 3.63) is 54.7 Å². The number of hydrogen-bond acceptors (Lipinski definition) is 6. The number of carbonyl (C=O) groups is 2. The summed E-state index contributed by atoms with van der Waals surface area (Å²) in [5.41, 5.74) is 1.61. The summed E-state index contributed by atoms with van der Waals surface area (Å²) in [5, 5.41) is 12.1. The van der Waals surface area contributed by atoms with Gasteiger partial charge in [0.2, 0.25) is 5.91 Å². The summed E-state index contributed by atoms with van der Waals surface area (Å²) in [4.78, 5) is 32.5. The summed E-state index contributed by atoms with van der Waals surface area (Å²) in [6, 6.07) is 12.8. The van der Waals surface area contributed by atoms with Crippen LogP contribution < -0.4 is 10.0 Å².